The minimum Gasteiger partial charge on any atom is -0.395 e. The molecule has 2 aromatic heterocycles. The van der Waals surface area contributed by atoms with Gasteiger partial charge in [-0.15, -0.1) is 11.3 Å². The second-order valence-corrected chi connectivity index (χ2v) is 6.82. The second kappa shape index (κ2) is 6.83. The average Bonchev–Trinajstić information content (AvgIpc) is 2.95. The maximum absolute atomic E-state index is 9.37. The van der Waals surface area contributed by atoms with E-state index in [9.17, 15) is 5.11 Å². The van der Waals surface area contributed by atoms with Crippen LogP contribution in [-0.2, 0) is 6.54 Å². The van der Waals surface area contributed by atoms with E-state index in [-0.39, 0.29) is 6.61 Å². The van der Waals surface area contributed by atoms with Gasteiger partial charge in [-0.2, -0.15) is 0 Å². The molecule has 0 atom stereocenters. The SMILES string of the molecule is CN1CCC(N(CCO)Cc2cnc3ccsc3c2)CC1. The molecule has 0 unspecified atom stereocenters. The molecule has 114 valence electrons. The van der Waals surface area contributed by atoms with Gasteiger partial charge < -0.3 is 10.0 Å². The monoisotopic (exact) mass is 305 g/mol. The molecule has 0 aliphatic carbocycles. The third kappa shape index (κ3) is 3.61. The van der Waals surface area contributed by atoms with Gasteiger partial charge in [0.2, 0.25) is 0 Å². The van der Waals surface area contributed by atoms with Crippen LogP contribution < -0.4 is 0 Å². The third-order valence-corrected chi connectivity index (χ3v) is 5.19. The number of likely N-dealkylation sites (tertiary alicyclic amines) is 1. The van der Waals surface area contributed by atoms with Crippen LogP contribution in [0.15, 0.2) is 23.7 Å². The normalized spacial score (nSPS) is 17.9. The number of nitrogens with zero attached hydrogens (tertiary/aromatic N) is 3. The number of thiophene rings is 1. The fraction of sp³-hybridized carbons (Fsp3) is 0.562. The van der Waals surface area contributed by atoms with Crippen molar-refractivity contribution in [2.45, 2.75) is 25.4 Å². The molecule has 1 N–H and O–H groups in total. The summed E-state index contributed by atoms with van der Waals surface area (Å²) >= 11 is 1.74. The van der Waals surface area contributed by atoms with Gasteiger partial charge in [0, 0.05) is 25.3 Å². The zero-order valence-electron chi connectivity index (χ0n) is 12.5. The summed E-state index contributed by atoms with van der Waals surface area (Å²) in [5, 5.41) is 11.5. The Morgan fingerprint density at radius 3 is 3.00 bits per heavy atom. The lowest BCUT2D eigenvalue weighted by Gasteiger charge is -2.37. The van der Waals surface area contributed by atoms with Crippen molar-refractivity contribution in [1.82, 2.24) is 14.8 Å². The Balaban J connectivity index is 1.71. The lowest BCUT2D eigenvalue weighted by molar-refractivity contribution is 0.0941. The molecule has 3 heterocycles. The maximum Gasteiger partial charge on any atom is 0.0809 e. The van der Waals surface area contributed by atoms with Gasteiger partial charge in [-0.3, -0.25) is 9.88 Å². The Labute approximate surface area is 130 Å². The lowest BCUT2D eigenvalue weighted by atomic mass is 10.0. The fourth-order valence-electron chi connectivity index (χ4n) is 3.09. The highest BCUT2D eigenvalue weighted by Gasteiger charge is 2.23. The van der Waals surface area contributed by atoms with Crippen LogP contribution in [-0.4, -0.2) is 59.2 Å². The van der Waals surface area contributed by atoms with Gasteiger partial charge in [0.05, 0.1) is 16.8 Å². The first-order valence-electron chi connectivity index (χ1n) is 7.62. The summed E-state index contributed by atoms with van der Waals surface area (Å²) in [4.78, 5) is 9.33. The number of aliphatic hydroxyl groups is 1. The van der Waals surface area contributed by atoms with Gasteiger partial charge in [0.25, 0.3) is 0 Å². The van der Waals surface area contributed by atoms with Crippen LogP contribution in [0.25, 0.3) is 10.2 Å². The minimum absolute atomic E-state index is 0.223. The number of rotatable bonds is 5. The zero-order chi connectivity index (χ0) is 14.7. The molecule has 0 bridgehead atoms. The first-order chi connectivity index (χ1) is 10.3. The molecule has 1 aliphatic rings. The summed E-state index contributed by atoms with van der Waals surface area (Å²) in [5.74, 6) is 0. The van der Waals surface area contributed by atoms with Crippen molar-refractivity contribution in [3.05, 3.63) is 29.3 Å². The minimum atomic E-state index is 0.223. The summed E-state index contributed by atoms with van der Waals surface area (Å²) < 4.78 is 1.25. The number of hydrogen-bond acceptors (Lipinski definition) is 5. The van der Waals surface area contributed by atoms with E-state index < -0.39 is 0 Å². The molecule has 5 heteroatoms. The molecule has 4 nitrogen and oxygen atoms in total. The highest BCUT2D eigenvalue weighted by molar-refractivity contribution is 7.17. The molecule has 21 heavy (non-hydrogen) atoms. The standard InChI is InChI=1S/C16H23N3OS/c1-18-5-2-14(3-6-18)19(7-8-20)12-13-10-16-15(17-11-13)4-9-21-16/h4,9-11,14,20H,2-3,5-8,12H2,1H3. The van der Waals surface area contributed by atoms with Crippen molar-refractivity contribution in [2.24, 2.45) is 0 Å². The van der Waals surface area contributed by atoms with Gasteiger partial charge in [-0.05, 0) is 56.1 Å². The summed E-state index contributed by atoms with van der Waals surface area (Å²) in [7, 11) is 2.18. The van der Waals surface area contributed by atoms with Crippen molar-refractivity contribution in [2.75, 3.05) is 33.3 Å². The molecule has 0 radical (unpaired) electrons. The molecule has 0 saturated carbocycles. The summed E-state index contributed by atoms with van der Waals surface area (Å²) in [5.41, 5.74) is 2.33. The fourth-order valence-corrected chi connectivity index (χ4v) is 3.89. The Morgan fingerprint density at radius 2 is 2.24 bits per heavy atom. The molecular weight excluding hydrogens is 282 g/mol. The number of aromatic nitrogens is 1. The van der Waals surface area contributed by atoms with E-state index in [4.69, 9.17) is 0 Å². The second-order valence-electron chi connectivity index (χ2n) is 5.88. The highest BCUT2D eigenvalue weighted by atomic mass is 32.1. The number of pyridine rings is 1. The molecule has 0 spiro atoms. The lowest BCUT2D eigenvalue weighted by Crippen LogP contribution is -2.44. The average molecular weight is 305 g/mol. The Bertz CT molecular complexity index is 578. The number of aliphatic hydroxyl groups excluding tert-OH is 1. The van der Waals surface area contributed by atoms with Gasteiger partial charge in [0.15, 0.2) is 0 Å². The largest absolute Gasteiger partial charge is 0.395 e. The number of piperidine rings is 1. The first-order valence-corrected chi connectivity index (χ1v) is 8.50. The van der Waals surface area contributed by atoms with Crippen LogP contribution in [0.3, 0.4) is 0 Å². The molecule has 2 aromatic rings. The van der Waals surface area contributed by atoms with Crippen LogP contribution in [0.1, 0.15) is 18.4 Å². The van der Waals surface area contributed by atoms with Gasteiger partial charge in [-0.25, -0.2) is 0 Å². The van der Waals surface area contributed by atoms with Crippen LogP contribution in [0.2, 0.25) is 0 Å². The predicted octanol–water partition coefficient (Wildman–Crippen LogP) is 2.18. The summed E-state index contributed by atoms with van der Waals surface area (Å²) in [6.45, 7) is 4.15. The van der Waals surface area contributed by atoms with E-state index in [0.29, 0.717) is 6.04 Å². The Morgan fingerprint density at radius 1 is 1.43 bits per heavy atom. The van der Waals surface area contributed by atoms with Crippen LogP contribution in [0.4, 0.5) is 0 Å². The molecule has 1 saturated heterocycles. The Kier molecular flexibility index (Phi) is 4.85. The van der Waals surface area contributed by atoms with Crippen molar-refractivity contribution in [3.63, 3.8) is 0 Å². The first kappa shape index (κ1) is 14.9. The Hall–Kier alpha value is -1.01. The quantitative estimate of drug-likeness (QED) is 0.919. The maximum atomic E-state index is 9.37. The van der Waals surface area contributed by atoms with Crippen molar-refractivity contribution < 1.29 is 5.11 Å². The van der Waals surface area contributed by atoms with E-state index in [1.54, 1.807) is 11.3 Å². The topological polar surface area (TPSA) is 39.6 Å². The molecule has 1 fully saturated rings. The van der Waals surface area contributed by atoms with Crippen LogP contribution >= 0.6 is 11.3 Å². The van der Waals surface area contributed by atoms with E-state index in [1.807, 2.05) is 6.20 Å². The molecule has 1 aliphatic heterocycles. The van der Waals surface area contributed by atoms with Crippen molar-refractivity contribution in [3.8, 4) is 0 Å². The van der Waals surface area contributed by atoms with Crippen molar-refractivity contribution >= 4 is 21.6 Å². The zero-order valence-corrected chi connectivity index (χ0v) is 13.4. The smallest absolute Gasteiger partial charge is 0.0809 e. The van der Waals surface area contributed by atoms with E-state index in [1.165, 1.54) is 23.1 Å². The van der Waals surface area contributed by atoms with E-state index in [0.717, 1.165) is 31.7 Å². The van der Waals surface area contributed by atoms with Gasteiger partial charge in [0.1, 0.15) is 0 Å². The van der Waals surface area contributed by atoms with Gasteiger partial charge >= 0.3 is 0 Å². The van der Waals surface area contributed by atoms with E-state index >= 15 is 0 Å². The molecular formula is C16H23N3OS. The summed E-state index contributed by atoms with van der Waals surface area (Å²) in [6, 6.07) is 4.88. The molecule has 0 aromatic carbocycles. The van der Waals surface area contributed by atoms with Crippen LogP contribution in [0, 0.1) is 0 Å². The van der Waals surface area contributed by atoms with E-state index in [2.05, 4.69) is 39.3 Å². The van der Waals surface area contributed by atoms with Gasteiger partial charge in [-0.1, -0.05) is 0 Å². The van der Waals surface area contributed by atoms with Crippen molar-refractivity contribution in [1.29, 1.82) is 0 Å². The molecule has 3 rings (SSSR count). The summed E-state index contributed by atoms with van der Waals surface area (Å²) in [6.07, 6.45) is 4.35. The molecule has 0 amide bonds. The number of fused-ring (bicyclic) bond motifs is 1. The highest BCUT2D eigenvalue weighted by Crippen LogP contribution is 2.22. The van der Waals surface area contributed by atoms with Crippen LogP contribution in [0.5, 0.6) is 0 Å². The predicted molar refractivity (Wildman–Crippen MR) is 87.6 cm³/mol. The third-order valence-electron chi connectivity index (χ3n) is 4.34. The number of hydrogen-bond donors (Lipinski definition) is 1.